The fourth-order valence-electron chi connectivity index (χ4n) is 1.62. The number of aromatic nitrogens is 1. The summed E-state index contributed by atoms with van der Waals surface area (Å²) in [6.07, 6.45) is 4.63. The third-order valence-corrected chi connectivity index (χ3v) is 3.13. The third-order valence-electron chi connectivity index (χ3n) is 3.13. The molecule has 0 radical (unpaired) electrons. The first kappa shape index (κ1) is 14.4. The number of anilines is 1. The van der Waals surface area contributed by atoms with E-state index in [1.54, 1.807) is 18.5 Å². The molecule has 5 heteroatoms. The van der Waals surface area contributed by atoms with Crippen LogP contribution < -0.4 is 10.6 Å². The number of amides is 2. The number of aliphatic hydroxyl groups excluding tert-OH is 1. The zero-order chi connectivity index (χ0) is 13.6. The highest BCUT2D eigenvalue weighted by molar-refractivity contribution is 5.90. The predicted molar refractivity (Wildman–Crippen MR) is 71.5 cm³/mol. The molecule has 0 saturated heterocycles. The van der Waals surface area contributed by atoms with E-state index < -0.39 is 0 Å². The molecule has 1 aromatic heterocycles. The molecule has 0 fully saturated rings. The Kier molecular flexibility index (Phi) is 5.09. The van der Waals surface area contributed by atoms with Crippen molar-refractivity contribution in [2.75, 3.05) is 11.9 Å². The number of aliphatic hydroxyl groups is 1. The van der Waals surface area contributed by atoms with E-state index in [0.29, 0.717) is 6.42 Å². The Hall–Kier alpha value is -1.62. The lowest BCUT2D eigenvalue weighted by atomic mass is 9.95. The van der Waals surface area contributed by atoms with Crippen LogP contribution in [0.3, 0.4) is 0 Å². The second-order valence-electron chi connectivity index (χ2n) is 4.66. The molecular weight excluding hydrogens is 230 g/mol. The maximum absolute atomic E-state index is 11.9. The summed E-state index contributed by atoms with van der Waals surface area (Å²) in [5, 5.41) is 14.7. The second kappa shape index (κ2) is 6.35. The van der Waals surface area contributed by atoms with Crippen molar-refractivity contribution in [2.24, 2.45) is 0 Å². The van der Waals surface area contributed by atoms with Gasteiger partial charge in [-0.05, 0) is 38.3 Å². The molecule has 3 N–H and O–H groups in total. The highest BCUT2D eigenvalue weighted by atomic mass is 16.3. The van der Waals surface area contributed by atoms with Gasteiger partial charge in [0.1, 0.15) is 0 Å². The van der Waals surface area contributed by atoms with Crippen molar-refractivity contribution in [1.29, 1.82) is 0 Å². The molecule has 0 aliphatic carbocycles. The topological polar surface area (TPSA) is 74.2 Å². The summed E-state index contributed by atoms with van der Waals surface area (Å²) in [7, 11) is 0. The van der Waals surface area contributed by atoms with Crippen LogP contribution in [0.5, 0.6) is 0 Å². The Morgan fingerprint density at radius 3 is 2.83 bits per heavy atom. The van der Waals surface area contributed by atoms with Gasteiger partial charge in [-0.2, -0.15) is 0 Å². The molecule has 100 valence electrons. The summed E-state index contributed by atoms with van der Waals surface area (Å²) in [4.78, 5) is 15.9. The van der Waals surface area contributed by atoms with E-state index in [0.717, 1.165) is 17.7 Å². The quantitative estimate of drug-likeness (QED) is 0.750. The number of pyridine rings is 1. The lowest BCUT2D eigenvalue weighted by Gasteiger charge is -2.29. The normalized spacial score (nSPS) is 13.8. The van der Waals surface area contributed by atoms with Crippen LogP contribution >= 0.6 is 0 Å². The van der Waals surface area contributed by atoms with Crippen LogP contribution in [-0.2, 0) is 0 Å². The molecule has 0 saturated carbocycles. The number of carbonyl (C=O) groups is 1. The van der Waals surface area contributed by atoms with Crippen LogP contribution in [0.2, 0.25) is 0 Å². The van der Waals surface area contributed by atoms with Crippen LogP contribution in [0.25, 0.3) is 0 Å². The maximum atomic E-state index is 11.9. The molecule has 1 atom stereocenters. The molecule has 0 aliphatic heterocycles. The fraction of sp³-hybridized carbons (Fsp3) is 0.538. The van der Waals surface area contributed by atoms with Crippen LogP contribution in [0.15, 0.2) is 18.5 Å². The largest absolute Gasteiger partial charge is 0.396 e. The number of aryl methyl sites for hydroxylation is 1. The van der Waals surface area contributed by atoms with Crippen LogP contribution in [-0.4, -0.2) is 28.3 Å². The number of nitrogens with one attached hydrogen (secondary N) is 2. The van der Waals surface area contributed by atoms with Gasteiger partial charge in [-0.25, -0.2) is 4.79 Å². The predicted octanol–water partition coefficient (Wildman–Crippen LogP) is 2.06. The number of rotatable bonds is 5. The summed E-state index contributed by atoms with van der Waals surface area (Å²) >= 11 is 0. The number of carbonyl (C=O) groups excluding carboxylic acids is 1. The molecule has 0 bridgehead atoms. The molecule has 1 rings (SSSR count). The lowest BCUT2D eigenvalue weighted by Crippen LogP contribution is -2.48. The van der Waals surface area contributed by atoms with E-state index in [-0.39, 0.29) is 18.2 Å². The zero-order valence-electron chi connectivity index (χ0n) is 11.2. The molecule has 0 aliphatic rings. The fourth-order valence-corrected chi connectivity index (χ4v) is 1.62. The van der Waals surface area contributed by atoms with Gasteiger partial charge in [-0.1, -0.05) is 6.92 Å². The van der Waals surface area contributed by atoms with E-state index in [1.165, 1.54) is 0 Å². The van der Waals surface area contributed by atoms with Crippen molar-refractivity contribution in [1.82, 2.24) is 10.3 Å². The molecule has 1 heterocycles. The monoisotopic (exact) mass is 251 g/mol. The molecule has 0 spiro atoms. The minimum absolute atomic E-state index is 0.0545. The SMILES string of the molecule is CCC(C)(CCO)NC(=O)Nc1ccncc1C. The van der Waals surface area contributed by atoms with E-state index in [2.05, 4.69) is 15.6 Å². The Balaban J connectivity index is 2.64. The van der Waals surface area contributed by atoms with E-state index >= 15 is 0 Å². The van der Waals surface area contributed by atoms with Crippen molar-refractivity contribution in [3.63, 3.8) is 0 Å². The van der Waals surface area contributed by atoms with Gasteiger partial charge in [-0.15, -0.1) is 0 Å². The Morgan fingerprint density at radius 1 is 1.56 bits per heavy atom. The molecule has 5 nitrogen and oxygen atoms in total. The molecule has 18 heavy (non-hydrogen) atoms. The number of hydrogen-bond donors (Lipinski definition) is 3. The van der Waals surface area contributed by atoms with Gasteiger partial charge in [0.2, 0.25) is 0 Å². The molecule has 1 unspecified atom stereocenters. The summed E-state index contributed by atoms with van der Waals surface area (Å²) in [6.45, 7) is 5.84. The third kappa shape index (κ3) is 4.00. The van der Waals surface area contributed by atoms with E-state index in [1.807, 2.05) is 20.8 Å². The van der Waals surface area contributed by atoms with Gasteiger partial charge in [0.15, 0.2) is 0 Å². The van der Waals surface area contributed by atoms with Crippen LogP contribution in [0.1, 0.15) is 32.3 Å². The summed E-state index contributed by atoms with van der Waals surface area (Å²) < 4.78 is 0. The second-order valence-corrected chi connectivity index (χ2v) is 4.66. The average molecular weight is 251 g/mol. The van der Waals surface area contributed by atoms with Crippen molar-refractivity contribution in [2.45, 2.75) is 39.2 Å². The first-order chi connectivity index (χ1) is 8.50. The minimum atomic E-state index is -0.389. The van der Waals surface area contributed by atoms with Gasteiger partial charge < -0.3 is 15.7 Å². The highest BCUT2D eigenvalue weighted by Gasteiger charge is 2.23. The summed E-state index contributed by atoms with van der Waals surface area (Å²) in [5.41, 5.74) is 1.26. The maximum Gasteiger partial charge on any atom is 0.319 e. The standard InChI is InChI=1S/C13H21N3O2/c1-4-13(3,6-8-17)16-12(18)15-11-5-7-14-9-10(11)2/h5,7,9,17H,4,6,8H2,1-3H3,(H2,14,15,16,18). The molecule has 1 aromatic rings. The van der Waals surface area contributed by atoms with Gasteiger partial charge >= 0.3 is 6.03 Å². The lowest BCUT2D eigenvalue weighted by molar-refractivity contribution is 0.208. The minimum Gasteiger partial charge on any atom is -0.396 e. The van der Waals surface area contributed by atoms with Gasteiger partial charge in [0.05, 0.1) is 0 Å². The first-order valence-electron chi connectivity index (χ1n) is 6.11. The average Bonchev–Trinajstić information content (AvgIpc) is 2.32. The summed E-state index contributed by atoms with van der Waals surface area (Å²) in [6, 6.07) is 1.49. The summed E-state index contributed by atoms with van der Waals surface area (Å²) in [5.74, 6) is 0. The number of nitrogens with zero attached hydrogens (tertiary/aromatic N) is 1. The van der Waals surface area contributed by atoms with Crippen molar-refractivity contribution >= 4 is 11.7 Å². The molecule has 2 amide bonds. The smallest absolute Gasteiger partial charge is 0.319 e. The van der Waals surface area contributed by atoms with E-state index in [4.69, 9.17) is 5.11 Å². The molecule has 0 aromatic carbocycles. The first-order valence-corrected chi connectivity index (χ1v) is 6.11. The van der Waals surface area contributed by atoms with Gasteiger partial charge in [0, 0.05) is 30.2 Å². The number of urea groups is 1. The van der Waals surface area contributed by atoms with Crippen LogP contribution in [0, 0.1) is 6.92 Å². The highest BCUT2D eigenvalue weighted by Crippen LogP contribution is 2.15. The van der Waals surface area contributed by atoms with Gasteiger partial charge in [-0.3, -0.25) is 4.98 Å². The molecular formula is C13H21N3O2. The Labute approximate surface area is 108 Å². The van der Waals surface area contributed by atoms with Crippen molar-refractivity contribution in [3.8, 4) is 0 Å². The van der Waals surface area contributed by atoms with Crippen LogP contribution in [0.4, 0.5) is 10.5 Å². The van der Waals surface area contributed by atoms with Gasteiger partial charge in [0.25, 0.3) is 0 Å². The van der Waals surface area contributed by atoms with Crippen molar-refractivity contribution in [3.05, 3.63) is 24.0 Å². The zero-order valence-corrected chi connectivity index (χ0v) is 11.2. The Morgan fingerprint density at radius 2 is 2.28 bits per heavy atom. The number of hydrogen-bond acceptors (Lipinski definition) is 3. The van der Waals surface area contributed by atoms with E-state index in [9.17, 15) is 4.79 Å². The Bertz CT molecular complexity index is 409. The van der Waals surface area contributed by atoms with Crippen molar-refractivity contribution < 1.29 is 9.90 Å².